The fraction of sp³-hybridized carbons (Fsp3) is 0.857. The largest absolute Gasteiger partial charge is 0.480 e. The van der Waals surface area contributed by atoms with E-state index in [1.165, 1.54) is 0 Å². The first-order valence-corrected chi connectivity index (χ1v) is 7.14. The van der Waals surface area contributed by atoms with Gasteiger partial charge in [0, 0.05) is 0 Å². The van der Waals surface area contributed by atoms with Gasteiger partial charge in [-0.25, -0.2) is 4.79 Å². The van der Waals surface area contributed by atoms with Crippen molar-refractivity contribution in [3.63, 3.8) is 0 Å². The molecule has 19 heavy (non-hydrogen) atoms. The lowest BCUT2D eigenvalue weighted by Gasteiger charge is -2.37. The van der Waals surface area contributed by atoms with Gasteiger partial charge >= 0.3 is 5.97 Å². The van der Waals surface area contributed by atoms with Crippen molar-refractivity contribution < 1.29 is 19.4 Å². The zero-order chi connectivity index (χ0) is 14.0. The highest BCUT2D eigenvalue weighted by atomic mass is 16.5. The van der Waals surface area contributed by atoms with E-state index in [-0.39, 0.29) is 12.0 Å². The Hall–Kier alpha value is -1.10. The van der Waals surface area contributed by atoms with Crippen LogP contribution in [0.4, 0.5) is 0 Å². The molecule has 0 spiro atoms. The number of carboxylic acids is 1. The third-order valence-corrected chi connectivity index (χ3v) is 4.29. The third kappa shape index (κ3) is 3.08. The molecule has 1 amide bonds. The second-order valence-corrected chi connectivity index (χ2v) is 6.09. The van der Waals surface area contributed by atoms with Crippen LogP contribution in [0.3, 0.4) is 0 Å². The van der Waals surface area contributed by atoms with Crippen LogP contribution in [0.25, 0.3) is 0 Å². The van der Waals surface area contributed by atoms with E-state index in [9.17, 15) is 14.7 Å². The molecule has 2 rings (SSSR count). The normalized spacial score (nSPS) is 38.9. The Morgan fingerprint density at radius 3 is 2.53 bits per heavy atom. The lowest BCUT2D eigenvalue weighted by Crippen LogP contribution is -2.58. The molecule has 1 aliphatic heterocycles. The zero-order valence-corrected chi connectivity index (χ0v) is 11.6. The number of amides is 1. The molecular formula is C14H23NO4. The fourth-order valence-corrected chi connectivity index (χ4v) is 3.22. The molecule has 108 valence electrons. The van der Waals surface area contributed by atoms with Gasteiger partial charge in [-0.2, -0.15) is 0 Å². The Labute approximate surface area is 113 Å². The molecule has 4 unspecified atom stereocenters. The Balaban J connectivity index is 2.04. The first kappa shape index (κ1) is 14.3. The third-order valence-electron chi connectivity index (χ3n) is 4.29. The summed E-state index contributed by atoms with van der Waals surface area (Å²) in [5.74, 6) is -0.854. The Morgan fingerprint density at radius 2 is 2.00 bits per heavy atom. The van der Waals surface area contributed by atoms with E-state index in [2.05, 4.69) is 5.32 Å². The number of aliphatic carboxylic acids is 1. The average Bonchev–Trinajstić information content (AvgIpc) is 2.75. The minimum Gasteiger partial charge on any atom is -0.480 e. The number of ether oxygens (including phenoxy) is 1. The molecule has 5 heteroatoms. The monoisotopic (exact) mass is 269 g/mol. The van der Waals surface area contributed by atoms with Gasteiger partial charge in [-0.1, -0.05) is 19.8 Å². The standard InChI is InChI=1S/C14H23NO4/c1-9-4-3-7-14(8-9,13(17)18)15-12(16)11-6-5-10(2)19-11/h9-11H,3-8H2,1-2H3,(H,15,16)(H,17,18). The molecule has 2 aliphatic rings. The van der Waals surface area contributed by atoms with Crippen LogP contribution >= 0.6 is 0 Å². The van der Waals surface area contributed by atoms with Crippen LogP contribution in [0.1, 0.15) is 52.4 Å². The Bertz CT molecular complexity index is 370. The van der Waals surface area contributed by atoms with Gasteiger partial charge in [-0.15, -0.1) is 0 Å². The van der Waals surface area contributed by atoms with Crippen LogP contribution in [0.15, 0.2) is 0 Å². The Kier molecular flexibility index (Phi) is 4.13. The van der Waals surface area contributed by atoms with E-state index in [0.717, 1.165) is 19.3 Å². The number of hydrogen-bond acceptors (Lipinski definition) is 3. The lowest BCUT2D eigenvalue weighted by atomic mass is 9.76. The number of carboxylic acid groups (broad SMARTS) is 1. The Morgan fingerprint density at radius 1 is 1.26 bits per heavy atom. The molecule has 2 N–H and O–H groups in total. The summed E-state index contributed by atoms with van der Waals surface area (Å²) < 4.78 is 5.51. The molecule has 5 nitrogen and oxygen atoms in total. The number of rotatable bonds is 3. The molecule has 0 aromatic rings. The number of nitrogens with one attached hydrogen (secondary N) is 1. The van der Waals surface area contributed by atoms with E-state index in [0.29, 0.717) is 25.2 Å². The van der Waals surface area contributed by atoms with Crippen molar-refractivity contribution in [1.82, 2.24) is 5.32 Å². The number of carbonyl (C=O) groups is 2. The maximum Gasteiger partial charge on any atom is 0.329 e. The maximum absolute atomic E-state index is 12.2. The van der Waals surface area contributed by atoms with Gasteiger partial charge in [0.25, 0.3) is 0 Å². The smallest absolute Gasteiger partial charge is 0.329 e. The molecule has 1 aliphatic carbocycles. The van der Waals surface area contributed by atoms with Crippen LogP contribution in [0.2, 0.25) is 0 Å². The summed E-state index contributed by atoms with van der Waals surface area (Å²) in [6, 6.07) is 0. The minimum absolute atomic E-state index is 0.0850. The van der Waals surface area contributed by atoms with Crippen LogP contribution in [-0.2, 0) is 14.3 Å². The van der Waals surface area contributed by atoms with Gasteiger partial charge in [-0.05, 0) is 38.5 Å². The van der Waals surface area contributed by atoms with Crippen molar-refractivity contribution in [2.45, 2.75) is 70.1 Å². The highest BCUT2D eigenvalue weighted by molar-refractivity contribution is 5.89. The van der Waals surface area contributed by atoms with Crippen molar-refractivity contribution in [2.24, 2.45) is 5.92 Å². The fourth-order valence-electron chi connectivity index (χ4n) is 3.22. The van der Waals surface area contributed by atoms with Crippen molar-refractivity contribution in [3.05, 3.63) is 0 Å². The van der Waals surface area contributed by atoms with Gasteiger partial charge in [0.15, 0.2) is 0 Å². The molecule has 4 atom stereocenters. The molecule has 2 fully saturated rings. The summed E-state index contributed by atoms with van der Waals surface area (Å²) in [5, 5.41) is 12.3. The van der Waals surface area contributed by atoms with Crippen LogP contribution in [0, 0.1) is 5.92 Å². The summed E-state index contributed by atoms with van der Waals surface area (Å²) in [4.78, 5) is 23.8. The number of carbonyl (C=O) groups excluding carboxylic acids is 1. The van der Waals surface area contributed by atoms with Crippen LogP contribution < -0.4 is 5.32 Å². The predicted octanol–water partition coefficient (Wildman–Crippen LogP) is 1.70. The molecule has 1 saturated heterocycles. The zero-order valence-electron chi connectivity index (χ0n) is 11.6. The SMILES string of the molecule is CC1CCCC(NC(=O)C2CCC(C)O2)(C(=O)O)C1. The number of hydrogen-bond donors (Lipinski definition) is 2. The molecule has 0 bridgehead atoms. The second-order valence-electron chi connectivity index (χ2n) is 6.09. The van der Waals surface area contributed by atoms with Gasteiger partial charge in [0.05, 0.1) is 6.10 Å². The topological polar surface area (TPSA) is 75.6 Å². The van der Waals surface area contributed by atoms with E-state index in [4.69, 9.17) is 4.74 Å². The van der Waals surface area contributed by atoms with Crippen LogP contribution in [-0.4, -0.2) is 34.7 Å². The quantitative estimate of drug-likeness (QED) is 0.817. The maximum atomic E-state index is 12.2. The van der Waals surface area contributed by atoms with Gasteiger partial charge in [0.1, 0.15) is 11.6 Å². The molecule has 0 aromatic heterocycles. The molecular weight excluding hydrogens is 246 g/mol. The lowest BCUT2D eigenvalue weighted by molar-refractivity contribution is -0.152. The van der Waals surface area contributed by atoms with E-state index < -0.39 is 17.6 Å². The van der Waals surface area contributed by atoms with E-state index in [1.54, 1.807) is 0 Å². The average molecular weight is 269 g/mol. The second kappa shape index (κ2) is 5.49. The van der Waals surface area contributed by atoms with Gasteiger partial charge in [-0.3, -0.25) is 4.79 Å². The van der Waals surface area contributed by atoms with Crippen molar-refractivity contribution in [1.29, 1.82) is 0 Å². The van der Waals surface area contributed by atoms with Gasteiger partial charge in [0.2, 0.25) is 5.91 Å². The summed E-state index contributed by atoms with van der Waals surface area (Å²) in [7, 11) is 0. The van der Waals surface area contributed by atoms with E-state index in [1.807, 2.05) is 13.8 Å². The molecule has 0 aromatic carbocycles. The van der Waals surface area contributed by atoms with Crippen LogP contribution in [0.5, 0.6) is 0 Å². The van der Waals surface area contributed by atoms with Crippen molar-refractivity contribution >= 4 is 11.9 Å². The van der Waals surface area contributed by atoms with Crippen molar-refractivity contribution in [3.8, 4) is 0 Å². The van der Waals surface area contributed by atoms with Crippen molar-refractivity contribution in [2.75, 3.05) is 0 Å². The molecule has 1 heterocycles. The van der Waals surface area contributed by atoms with Gasteiger partial charge < -0.3 is 15.2 Å². The first-order chi connectivity index (χ1) is 8.93. The van der Waals surface area contributed by atoms with E-state index >= 15 is 0 Å². The highest BCUT2D eigenvalue weighted by Gasteiger charge is 2.44. The predicted molar refractivity (Wildman–Crippen MR) is 69.7 cm³/mol. The minimum atomic E-state index is -1.09. The summed E-state index contributed by atoms with van der Waals surface area (Å²) in [5.41, 5.74) is -1.09. The highest BCUT2D eigenvalue weighted by Crippen LogP contribution is 2.33. The first-order valence-electron chi connectivity index (χ1n) is 7.14. The summed E-state index contributed by atoms with van der Waals surface area (Å²) >= 11 is 0. The molecule has 0 radical (unpaired) electrons. The summed E-state index contributed by atoms with van der Waals surface area (Å²) in [6.45, 7) is 3.97. The summed E-state index contributed by atoms with van der Waals surface area (Å²) in [6.07, 6.45) is 4.03. The molecule has 1 saturated carbocycles.